The molecule has 1 aromatic rings. The molecule has 1 aliphatic heterocycles. The number of ether oxygens (including phenoxy) is 1. The molecule has 4 nitrogen and oxygen atoms in total. The van der Waals surface area contributed by atoms with Gasteiger partial charge < -0.3 is 14.5 Å². The van der Waals surface area contributed by atoms with Crippen LogP contribution in [0, 0.1) is 0 Å². The van der Waals surface area contributed by atoms with E-state index in [9.17, 15) is 4.79 Å². The number of benzene rings is 1. The van der Waals surface area contributed by atoms with Crippen molar-refractivity contribution in [2.24, 2.45) is 0 Å². The van der Waals surface area contributed by atoms with Gasteiger partial charge in [0.05, 0.1) is 0 Å². The molecule has 0 spiro atoms. The van der Waals surface area contributed by atoms with Crippen LogP contribution < -0.4 is 0 Å². The average molecular weight is 290 g/mol. The van der Waals surface area contributed by atoms with Gasteiger partial charge in [-0.05, 0) is 38.4 Å². The second-order valence-electron chi connectivity index (χ2n) is 5.79. The van der Waals surface area contributed by atoms with Crippen molar-refractivity contribution >= 4 is 5.91 Å². The van der Waals surface area contributed by atoms with E-state index in [0.29, 0.717) is 6.04 Å². The van der Waals surface area contributed by atoms with Gasteiger partial charge in [0.1, 0.15) is 6.61 Å². The van der Waals surface area contributed by atoms with Crippen LogP contribution in [0.4, 0.5) is 0 Å². The Hall–Kier alpha value is -1.39. The van der Waals surface area contributed by atoms with Gasteiger partial charge in [0.25, 0.3) is 0 Å². The molecule has 1 saturated heterocycles. The van der Waals surface area contributed by atoms with Gasteiger partial charge in [-0.15, -0.1) is 0 Å². The number of carbonyl (C=O) groups is 1. The lowest BCUT2D eigenvalue weighted by molar-refractivity contribution is -0.135. The van der Waals surface area contributed by atoms with Gasteiger partial charge in [-0.1, -0.05) is 30.3 Å². The summed E-state index contributed by atoms with van der Waals surface area (Å²) >= 11 is 0. The first-order valence-corrected chi connectivity index (χ1v) is 7.71. The third-order valence-electron chi connectivity index (χ3n) is 4.24. The molecule has 1 aromatic carbocycles. The van der Waals surface area contributed by atoms with Crippen LogP contribution >= 0.6 is 0 Å². The molecule has 0 N–H and O–H groups in total. The highest BCUT2D eigenvalue weighted by Crippen LogP contribution is 2.16. The van der Waals surface area contributed by atoms with E-state index >= 15 is 0 Å². The molecule has 1 amide bonds. The molecule has 21 heavy (non-hydrogen) atoms. The predicted octanol–water partition coefficient (Wildman–Crippen LogP) is 1.80. The fourth-order valence-corrected chi connectivity index (χ4v) is 2.91. The fraction of sp³-hybridized carbons (Fsp3) is 0.588. The molecule has 1 fully saturated rings. The Kier molecular flexibility index (Phi) is 6.21. The van der Waals surface area contributed by atoms with Crippen LogP contribution in [-0.2, 0) is 16.0 Å². The number of likely N-dealkylation sites (N-methyl/N-ethyl adjacent to an activating group) is 1. The maximum atomic E-state index is 12.2. The zero-order valence-electron chi connectivity index (χ0n) is 13.1. The van der Waals surface area contributed by atoms with Crippen LogP contribution in [0.25, 0.3) is 0 Å². The standard InChI is InChI=1S/C17H26N2O2/c1-18-11-6-9-16(18)13-19(17(20)14-21-2)12-10-15-7-4-3-5-8-15/h3-5,7-8,16H,6,9-14H2,1-2H3. The van der Waals surface area contributed by atoms with E-state index in [4.69, 9.17) is 4.74 Å². The lowest BCUT2D eigenvalue weighted by Gasteiger charge is -2.29. The number of methoxy groups -OCH3 is 1. The number of likely N-dealkylation sites (tertiary alicyclic amines) is 1. The summed E-state index contributed by atoms with van der Waals surface area (Å²) in [7, 11) is 3.73. The highest BCUT2D eigenvalue weighted by molar-refractivity contribution is 5.77. The van der Waals surface area contributed by atoms with Gasteiger partial charge in [-0.2, -0.15) is 0 Å². The van der Waals surface area contributed by atoms with Crippen LogP contribution in [0.15, 0.2) is 30.3 Å². The predicted molar refractivity (Wildman–Crippen MR) is 84.3 cm³/mol. The van der Waals surface area contributed by atoms with Crippen molar-refractivity contribution in [1.29, 1.82) is 0 Å². The zero-order valence-corrected chi connectivity index (χ0v) is 13.1. The Labute approximate surface area is 127 Å². The summed E-state index contributed by atoms with van der Waals surface area (Å²) < 4.78 is 5.02. The Morgan fingerprint density at radius 3 is 2.76 bits per heavy atom. The average Bonchev–Trinajstić information content (AvgIpc) is 2.90. The van der Waals surface area contributed by atoms with Crippen molar-refractivity contribution in [3.8, 4) is 0 Å². The van der Waals surface area contributed by atoms with Crippen molar-refractivity contribution in [3.63, 3.8) is 0 Å². The van der Waals surface area contributed by atoms with E-state index in [1.54, 1.807) is 7.11 Å². The minimum absolute atomic E-state index is 0.0914. The van der Waals surface area contributed by atoms with Crippen LogP contribution in [-0.4, -0.2) is 62.1 Å². The van der Waals surface area contributed by atoms with E-state index in [1.165, 1.54) is 18.4 Å². The molecule has 1 unspecified atom stereocenters. The summed E-state index contributed by atoms with van der Waals surface area (Å²) in [6, 6.07) is 10.8. The van der Waals surface area contributed by atoms with Crippen LogP contribution in [0.2, 0.25) is 0 Å². The van der Waals surface area contributed by atoms with E-state index in [1.807, 2.05) is 23.1 Å². The van der Waals surface area contributed by atoms with E-state index in [-0.39, 0.29) is 12.5 Å². The van der Waals surface area contributed by atoms with Gasteiger partial charge >= 0.3 is 0 Å². The summed E-state index contributed by atoms with van der Waals surface area (Å²) in [5.74, 6) is 0.0914. The van der Waals surface area contributed by atoms with Crippen LogP contribution in [0.3, 0.4) is 0 Å². The SMILES string of the molecule is COCC(=O)N(CCc1ccccc1)CC1CCCN1C. The first kappa shape index (κ1) is 16.0. The largest absolute Gasteiger partial charge is 0.375 e. The van der Waals surface area contributed by atoms with Crippen molar-refractivity contribution in [3.05, 3.63) is 35.9 Å². The smallest absolute Gasteiger partial charge is 0.248 e. The van der Waals surface area contributed by atoms with Crippen molar-refractivity contribution < 1.29 is 9.53 Å². The minimum Gasteiger partial charge on any atom is -0.375 e. The fourth-order valence-electron chi connectivity index (χ4n) is 2.91. The Bertz CT molecular complexity index is 436. The quantitative estimate of drug-likeness (QED) is 0.767. The summed E-state index contributed by atoms with van der Waals surface area (Å²) in [4.78, 5) is 16.6. The van der Waals surface area contributed by atoms with Crippen LogP contribution in [0.1, 0.15) is 18.4 Å². The van der Waals surface area contributed by atoms with Gasteiger partial charge in [0.15, 0.2) is 0 Å². The zero-order chi connectivity index (χ0) is 15.1. The minimum atomic E-state index is 0.0914. The topological polar surface area (TPSA) is 32.8 Å². The molecule has 1 atom stereocenters. The second kappa shape index (κ2) is 8.15. The monoisotopic (exact) mass is 290 g/mol. The summed E-state index contributed by atoms with van der Waals surface area (Å²) in [5.41, 5.74) is 1.27. The summed E-state index contributed by atoms with van der Waals surface area (Å²) in [6.45, 7) is 2.88. The van der Waals surface area contributed by atoms with Gasteiger partial charge in [-0.3, -0.25) is 4.79 Å². The lowest BCUT2D eigenvalue weighted by atomic mass is 10.1. The van der Waals surface area contributed by atoms with Crippen LogP contribution in [0.5, 0.6) is 0 Å². The number of amides is 1. The number of rotatable bonds is 7. The first-order valence-electron chi connectivity index (χ1n) is 7.71. The van der Waals surface area contributed by atoms with E-state index in [2.05, 4.69) is 24.1 Å². The third-order valence-corrected chi connectivity index (χ3v) is 4.24. The van der Waals surface area contributed by atoms with Crippen molar-refractivity contribution in [2.75, 3.05) is 40.4 Å². The maximum Gasteiger partial charge on any atom is 0.248 e. The molecule has 1 heterocycles. The molecule has 116 valence electrons. The van der Waals surface area contributed by atoms with Crippen molar-refractivity contribution in [1.82, 2.24) is 9.80 Å². The number of carbonyl (C=O) groups excluding carboxylic acids is 1. The maximum absolute atomic E-state index is 12.2. The number of nitrogens with zero attached hydrogens (tertiary/aromatic N) is 2. The van der Waals surface area contributed by atoms with Gasteiger partial charge in [-0.25, -0.2) is 0 Å². The molecule has 0 aliphatic carbocycles. The molecule has 0 aromatic heterocycles. The molecule has 1 aliphatic rings. The number of hydrogen-bond acceptors (Lipinski definition) is 3. The summed E-state index contributed by atoms with van der Waals surface area (Å²) in [6.07, 6.45) is 3.30. The Balaban J connectivity index is 1.93. The van der Waals surface area contributed by atoms with E-state index < -0.39 is 0 Å². The highest BCUT2D eigenvalue weighted by Gasteiger charge is 2.25. The van der Waals surface area contributed by atoms with Crippen molar-refractivity contribution in [2.45, 2.75) is 25.3 Å². The molecule has 0 radical (unpaired) electrons. The summed E-state index contributed by atoms with van der Waals surface area (Å²) in [5, 5.41) is 0. The normalized spacial score (nSPS) is 18.9. The first-order chi connectivity index (χ1) is 10.2. The lowest BCUT2D eigenvalue weighted by Crippen LogP contribution is -2.44. The number of hydrogen-bond donors (Lipinski definition) is 0. The molecule has 0 bridgehead atoms. The molecular formula is C17H26N2O2. The van der Waals surface area contributed by atoms with Gasteiger partial charge in [0.2, 0.25) is 5.91 Å². The van der Waals surface area contributed by atoms with E-state index in [0.717, 1.165) is 26.1 Å². The molecule has 4 heteroatoms. The van der Waals surface area contributed by atoms with Gasteiger partial charge in [0, 0.05) is 26.2 Å². The molecule has 0 saturated carbocycles. The molecule has 2 rings (SSSR count). The third kappa shape index (κ3) is 4.83. The Morgan fingerprint density at radius 2 is 2.14 bits per heavy atom. The Morgan fingerprint density at radius 1 is 1.38 bits per heavy atom. The second-order valence-corrected chi connectivity index (χ2v) is 5.79. The highest BCUT2D eigenvalue weighted by atomic mass is 16.5. The molecular weight excluding hydrogens is 264 g/mol.